The van der Waals surface area contributed by atoms with E-state index < -0.39 is 4.92 Å². The van der Waals surface area contributed by atoms with E-state index in [1.54, 1.807) is 6.07 Å². The van der Waals surface area contributed by atoms with Gasteiger partial charge in [0, 0.05) is 12.7 Å². The fourth-order valence-electron chi connectivity index (χ4n) is 1.72. The zero-order valence-electron chi connectivity index (χ0n) is 11.0. The first kappa shape index (κ1) is 15.5. The van der Waals surface area contributed by atoms with Crippen LogP contribution in [0.25, 0.3) is 0 Å². The Morgan fingerprint density at radius 1 is 1.26 bits per heavy atom. The summed E-state index contributed by atoms with van der Waals surface area (Å²) in [7, 11) is 4.43. The maximum Gasteiger partial charge on any atom is 0.276 e. The average Bonchev–Trinajstić information content (AvgIpc) is 2.38. The molecule has 0 fully saturated rings. The van der Waals surface area contributed by atoms with Crippen molar-refractivity contribution in [1.29, 1.82) is 0 Å². The van der Waals surface area contributed by atoms with E-state index >= 15 is 0 Å². The van der Waals surface area contributed by atoms with Crippen LogP contribution in [0.4, 0.5) is 5.69 Å². The number of halogens is 1. The molecule has 1 aromatic rings. The first-order valence-corrected chi connectivity index (χ1v) is 5.99. The van der Waals surface area contributed by atoms with E-state index in [4.69, 9.17) is 25.8 Å². The van der Waals surface area contributed by atoms with Gasteiger partial charge in [-0.1, -0.05) is 0 Å². The van der Waals surface area contributed by atoms with Crippen molar-refractivity contribution in [3.8, 4) is 11.5 Å². The molecule has 0 aliphatic carbocycles. The predicted octanol–water partition coefficient (Wildman–Crippen LogP) is 2.41. The topological polar surface area (TPSA) is 70.8 Å². The van der Waals surface area contributed by atoms with Crippen molar-refractivity contribution in [3.63, 3.8) is 0 Å². The highest BCUT2D eigenvalue weighted by molar-refractivity contribution is 6.20. The summed E-state index contributed by atoms with van der Waals surface area (Å²) in [5.74, 6) is 0.750. The number of benzene rings is 1. The highest BCUT2D eigenvalue weighted by atomic mass is 35.5. The quantitative estimate of drug-likeness (QED) is 0.438. The molecule has 0 heterocycles. The molecule has 0 N–H and O–H groups in total. The zero-order chi connectivity index (χ0) is 14.4. The van der Waals surface area contributed by atoms with Gasteiger partial charge in [-0.15, -0.1) is 11.6 Å². The van der Waals surface area contributed by atoms with Crippen LogP contribution in [0.3, 0.4) is 0 Å². The summed E-state index contributed by atoms with van der Waals surface area (Å²) in [6, 6.07) is 2.91. The Morgan fingerprint density at radius 3 is 2.32 bits per heavy atom. The molecule has 1 unspecified atom stereocenters. The summed E-state index contributed by atoms with van der Waals surface area (Å²) in [6.45, 7) is 0.313. The first-order valence-electron chi connectivity index (χ1n) is 5.55. The smallest absolute Gasteiger partial charge is 0.276 e. The molecule has 19 heavy (non-hydrogen) atoms. The molecule has 0 spiro atoms. The normalized spacial score (nSPS) is 12.0. The largest absolute Gasteiger partial charge is 0.493 e. The van der Waals surface area contributed by atoms with Gasteiger partial charge in [0.1, 0.15) is 0 Å². The minimum absolute atomic E-state index is 0.0422. The highest BCUT2D eigenvalue weighted by Crippen LogP contribution is 2.35. The minimum Gasteiger partial charge on any atom is -0.493 e. The van der Waals surface area contributed by atoms with Crippen LogP contribution < -0.4 is 9.47 Å². The van der Waals surface area contributed by atoms with E-state index in [1.807, 2.05) is 0 Å². The second-order valence-corrected chi connectivity index (χ2v) is 4.47. The average molecular weight is 290 g/mol. The highest BCUT2D eigenvalue weighted by Gasteiger charge is 2.21. The Kier molecular flexibility index (Phi) is 5.85. The lowest BCUT2D eigenvalue weighted by Crippen LogP contribution is -2.12. The molecular formula is C12H16ClNO5. The maximum atomic E-state index is 11.1. The predicted molar refractivity (Wildman–Crippen MR) is 71.4 cm³/mol. The third kappa shape index (κ3) is 3.97. The van der Waals surface area contributed by atoms with E-state index in [1.165, 1.54) is 27.4 Å². The van der Waals surface area contributed by atoms with Gasteiger partial charge >= 0.3 is 0 Å². The van der Waals surface area contributed by atoms with Crippen LogP contribution in [-0.2, 0) is 11.2 Å². The van der Waals surface area contributed by atoms with Gasteiger partial charge in [0.25, 0.3) is 5.69 Å². The molecule has 7 heteroatoms. The van der Waals surface area contributed by atoms with Gasteiger partial charge in [-0.2, -0.15) is 0 Å². The van der Waals surface area contributed by atoms with E-state index in [0.29, 0.717) is 30.1 Å². The summed E-state index contributed by atoms with van der Waals surface area (Å²) >= 11 is 6.04. The molecule has 0 bridgehead atoms. The molecule has 1 atom stereocenters. The minimum atomic E-state index is -0.465. The van der Waals surface area contributed by atoms with Gasteiger partial charge in [-0.05, 0) is 12.5 Å². The number of nitrogens with zero attached hydrogens (tertiary/aromatic N) is 1. The molecular weight excluding hydrogens is 274 g/mol. The fourth-order valence-corrected chi connectivity index (χ4v) is 2.01. The molecule has 0 aromatic heterocycles. The number of rotatable bonds is 7. The Morgan fingerprint density at radius 2 is 1.84 bits per heavy atom. The zero-order valence-corrected chi connectivity index (χ0v) is 11.8. The number of hydrogen-bond donors (Lipinski definition) is 0. The Hall–Kier alpha value is -1.53. The van der Waals surface area contributed by atoms with Crippen molar-refractivity contribution >= 4 is 17.3 Å². The molecule has 0 amide bonds. The number of methoxy groups -OCH3 is 3. The Bertz CT molecular complexity index is 452. The lowest BCUT2D eigenvalue weighted by atomic mass is 10.1. The summed E-state index contributed by atoms with van der Waals surface area (Å²) < 4.78 is 15.1. The summed E-state index contributed by atoms with van der Waals surface area (Å²) in [6.07, 6.45) is 0.312. The second kappa shape index (κ2) is 7.16. The molecule has 0 aliphatic rings. The Labute approximate surface area is 116 Å². The van der Waals surface area contributed by atoms with Crippen LogP contribution in [0.5, 0.6) is 11.5 Å². The maximum absolute atomic E-state index is 11.1. The van der Waals surface area contributed by atoms with Crippen LogP contribution in [0.2, 0.25) is 0 Å². The van der Waals surface area contributed by atoms with Crippen LogP contribution >= 0.6 is 11.6 Å². The van der Waals surface area contributed by atoms with Gasteiger partial charge in [0.2, 0.25) is 0 Å². The van der Waals surface area contributed by atoms with Crippen molar-refractivity contribution < 1.29 is 19.1 Å². The molecule has 0 aliphatic heterocycles. The number of alkyl halides is 1. The van der Waals surface area contributed by atoms with Crippen LogP contribution in [0.1, 0.15) is 5.56 Å². The number of nitro benzene ring substituents is 1. The van der Waals surface area contributed by atoms with E-state index in [0.717, 1.165) is 0 Å². The standard InChI is InChI=1S/C12H16ClNO5/c1-17-7-9(13)4-8-5-11(18-2)12(19-3)6-10(8)14(15)16/h5-6,9H,4,7H2,1-3H3. The molecule has 0 radical (unpaired) electrons. The number of nitro groups is 1. The molecule has 6 nitrogen and oxygen atoms in total. The van der Waals surface area contributed by atoms with Crippen LogP contribution in [0.15, 0.2) is 12.1 Å². The third-order valence-corrected chi connectivity index (χ3v) is 2.85. The first-order chi connectivity index (χ1) is 9.03. The summed E-state index contributed by atoms with van der Waals surface area (Å²) in [5, 5.41) is 10.7. The molecule has 0 saturated carbocycles. The lowest BCUT2D eigenvalue weighted by molar-refractivity contribution is -0.385. The van der Waals surface area contributed by atoms with Crippen LogP contribution in [-0.4, -0.2) is 38.2 Å². The molecule has 1 rings (SSSR count). The monoisotopic (exact) mass is 289 g/mol. The lowest BCUT2D eigenvalue weighted by Gasteiger charge is -2.12. The van der Waals surface area contributed by atoms with Gasteiger partial charge in [0.15, 0.2) is 11.5 Å². The second-order valence-electron chi connectivity index (χ2n) is 3.85. The van der Waals surface area contributed by atoms with E-state index in [2.05, 4.69) is 0 Å². The number of ether oxygens (including phenoxy) is 3. The van der Waals surface area contributed by atoms with Crippen molar-refractivity contribution in [2.24, 2.45) is 0 Å². The van der Waals surface area contributed by atoms with Gasteiger partial charge in [-0.25, -0.2) is 0 Å². The van der Waals surface area contributed by atoms with Crippen molar-refractivity contribution in [3.05, 3.63) is 27.8 Å². The van der Waals surface area contributed by atoms with Gasteiger partial charge in [0.05, 0.1) is 37.2 Å². The van der Waals surface area contributed by atoms with Crippen molar-refractivity contribution in [2.75, 3.05) is 27.9 Å². The fraction of sp³-hybridized carbons (Fsp3) is 0.500. The third-order valence-electron chi connectivity index (χ3n) is 2.57. The molecule has 0 saturated heterocycles. The summed E-state index contributed by atoms with van der Waals surface area (Å²) in [4.78, 5) is 10.6. The van der Waals surface area contributed by atoms with E-state index in [-0.39, 0.29) is 11.1 Å². The van der Waals surface area contributed by atoms with Gasteiger partial charge in [-0.3, -0.25) is 10.1 Å². The van der Waals surface area contributed by atoms with E-state index in [9.17, 15) is 10.1 Å². The molecule has 1 aromatic carbocycles. The molecule has 106 valence electrons. The SMILES string of the molecule is COCC(Cl)Cc1cc(OC)c(OC)cc1[N+](=O)[O-]. The Balaban J connectivity index is 3.16. The van der Waals surface area contributed by atoms with Crippen molar-refractivity contribution in [2.45, 2.75) is 11.8 Å². The van der Waals surface area contributed by atoms with Crippen LogP contribution in [0, 0.1) is 10.1 Å². The van der Waals surface area contributed by atoms with Crippen molar-refractivity contribution in [1.82, 2.24) is 0 Å². The van der Waals surface area contributed by atoms with Gasteiger partial charge < -0.3 is 14.2 Å². The summed E-state index contributed by atoms with van der Waals surface area (Å²) in [5.41, 5.74) is 0.444. The number of hydrogen-bond acceptors (Lipinski definition) is 5.